The second-order valence-electron chi connectivity index (χ2n) is 6.55. The highest BCUT2D eigenvalue weighted by Gasteiger charge is 2.29. The molecule has 3 heteroatoms. The molecule has 3 nitrogen and oxygen atoms in total. The Hall–Kier alpha value is -0.990. The Kier molecular flexibility index (Phi) is 7.84. The van der Waals surface area contributed by atoms with Gasteiger partial charge in [0.2, 0.25) is 0 Å². The first kappa shape index (κ1) is 18.1. The zero-order chi connectivity index (χ0) is 15.7. The number of aromatic nitrogens is 2. The van der Waals surface area contributed by atoms with Crippen LogP contribution in [0.3, 0.4) is 0 Å². The highest BCUT2D eigenvalue weighted by Crippen LogP contribution is 2.35. The Bertz CT molecular complexity index is 400. The third kappa shape index (κ3) is 5.37. The Labute approximate surface area is 131 Å². The molecule has 1 aromatic rings. The molecule has 0 N–H and O–H groups in total. The zero-order valence-corrected chi connectivity index (χ0v) is 14.7. The van der Waals surface area contributed by atoms with Gasteiger partial charge in [-0.3, -0.25) is 0 Å². The van der Waals surface area contributed by atoms with Crippen molar-refractivity contribution in [3.63, 3.8) is 0 Å². The summed E-state index contributed by atoms with van der Waals surface area (Å²) in [7, 11) is 3.71. The number of aryl methyl sites for hydroxylation is 1. The van der Waals surface area contributed by atoms with Gasteiger partial charge in [0, 0.05) is 18.7 Å². The lowest BCUT2D eigenvalue weighted by Gasteiger charge is -2.28. The van der Waals surface area contributed by atoms with Crippen molar-refractivity contribution in [2.45, 2.75) is 84.0 Å². The van der Waals surface area contributed by atoms with Crippen LogP contribution >= 0.6 is 0 Å². The van der Waals surface area contributed by atoms with Gasteiger partial charge < -0.3 is 9.30 Å². The Morgan fingerprint density at radius 3 is 2.14 bits per heavy atom. The summed E-state index contributed by atoms with van der Waals surface area (Å²) in [6.45, 7) is 6.92. The molecular weight excluding hydrogens is 260 g/mol. The molecule has 21 heavy (non-hydrogen) atoms. The van der Waals surface area contributed by atoms with Gasteiger partial charge in [-0.05, 0) is 12.8 Å². The number of methoxy groups -OCH3 is 1. The first-order chi connectivity index (χ1) is 10.1. The predicted molar refractivity (Wildman–Crippen MR) is 90.0 cm³/mol. The van der Waals surface area contributed by atoms with Crippen LogP contribution in [0, 0.1) is 0 Å². The summed E-state index contributed by atoms with van der Waals surface area (Å²) in [6, 6.07) is 0.722. The predicted octanol–water partition coefficient (Wildman–Crippen LogP) is 5.24. The van der Waals surface area contributed by atoms with Gasteiger partial charge in [-0.25, -0.2) is 0 Å². The van der Waals surface area contributed by atoms with Gasteiger partial charge in [0.25, 0.3) is 6.01 Å². The van der Waals surface area contributed by atoms with Crippen molar-refractivity contribution in [2.75, 3.05) is 7.11 Å². The number of imidazole rings is 1. The molecule has 1 aromatic heterocycles. The summed E-state index contributed by atoms with van der Waals surface area (Å²) in [5.74, 6) is 0. The average Bonchev–Trinajstić information content (AvgIpc) is 2.86. The summed E-state index contributed by atoms with van der Waals surface area (Å²) in [5.41, 5.74) is 1.40. The topological polar surface area (TPSA) is 27.1 Å². The van der Waals surface area contributed by atoms with Gasteiger partial charge in [-0.1, -0.05) is 65.7 Å². The van der Waals surface area contributed by atoms with Crippen LogP contribution in [0.25, 0.3) is 0 Å². The van der Waals surface area contributed by atoms with E-state index in [2.05, 4.69) is 27.0 Å². The van der Waals surface area contributed by atoms with E-state index in [1.807, 2.05) is 11.6 Å². The Morgan fingerprint density at radius 2 is 1.62 bits per heavy atom. The number of rotatable bonds is 11. The number of nitrogens with zero attached hydrogens (tertiary/aromatic N) is 2. The largest absolute Gasteiger partial charge is 0.468 e. The molecular formula is C18H34N2O. The third-order valence-electron chi connectivity index (χ3n) is 4.55. The van der Waals surface area contributed by atoms with E-state index in [1.54, 1.807) is 7.11 Å². The number of ether oxygens (including phenoxy) is 1. The van der Waals surface area contributed by atoms with E-state index in [9.17, 15) is 0 Å². The van der Waals surface area contributed by atoms with E-state index in [-0.39, 0.29) is 5.41 Å². The van der Waals surface area contributed by atoms with Crippen LogP contribution in [0.4, 0.5) is 0 Å². The molecule has 0 saturated heterocycles. The van der Waals surface area contributed by atoms with Gasteiger partial charge in [0.15, 0.2) is 0 Å². The van der Waals surface area contributed by atoms with E-state index in [0.29, 0.717) is 0 Å². The summed E-state index contributed by atoms with van der Waals surface area (Å²) in [5, 5.41) is 0. The molecule has 0 aliphatic heterocycles. The molecule has 1 heterocycles. The molecule has 0 aromatic carbocycles. The molecule has 0 radical (unpaired) electrons. The minimum absolute atomic E-state index is 0.192. The minimum atomic E-state index is 0.192. The van der Waals surface area contributed by atoms with Gasteiger partial charge in [0.1, 0.15) is 0 Å². The molecule has 122 valence electrons. The number of hydrogen-bond donors (Lipinski definition) is 0. The van der Waals surface area contributed by atoms with Crippen LogP contribution in [0.2, 0.25) is 0 Å². The molecule has 1 atom stereocenters. The molecule has 0 bridgehead atoms. The average molecular weight is 294 g/mol. The van der Waals surface area contributed by atoms with E-state index in [4.69, 9.17) is 9.72 Å². The van der Waals surface area contributed by atoms with Crippen molar-refractivity contribution in [3.8, 4) is 6.01 Å². The monoisotopic (exact) mass is 294 g/mol. The number of unbranched alkanes of at least 4 members (excludes halogenated alkanes) is 5. The van der Waals surface area contributed by atoms with E-state index in [0.717, 1.165) is 6.01 Å². The van der Waals surface area contributed by atoms with Crippen molar-refractivity contribution in [3.05, 3.63) is 11.9 Å². The highest BCUT2D eigenvalue weighted by molar-refractivity contribution is 5.18. The van der Waals surface area contributed by atoms with Gasteiger partial charge in [0.05, 0.1) is 12.8 Å². The van der Waals surface area contributed by atoms with E-state index in [1.165, 1.54) is 63.5 Å². The molecule has 0 amide bonds. The molecule has 0 aliphatic rings. The van der Waals surface area contributed by atoms with Crippen molar-refractivity contribution < 1.29 is 4.74 Å². The van der Waals surface area contributed by atoms with Gasteiger partial charge in [-0.15, -0.1) is 0 Å². The second-order valence-corrected chi connectivity index (χ2v) is 6.55. The number of hydrogen-bond acceptors (Lipinski definition) is 2. The first-order valence-electron chi connectivity index (χ1n) is 8.65. The fourth-order valence-corrected chi connectivity index (χ4v) is 3.02. The maximum Gasteiger partial charge on any atom is 0.295 e. The molecule has 1 rings (SSSR count). The van der Waals surface area contributed by atoms with Crippen LogP contribution in [0.15, 0.2) is 6.20 Å². The second kappa shape index (κ2) is 9.11. The van der Waals surface area contributed by atoms with Crippen molar-refractivity contribution in [2.24, 2.45) is 7.05 Å². The smallest absolute Gasteiger partial charge is 0.295 e. The summed E-state index contributed by atoms with van der Waals surface area (Å²) in [6.07, 6.45) is 13.8. The van der Waals surface area contributed by atoms with Crippen molar-refractivity contribution in [1.29, 1.82) is 0 Å². The standard InChI is InChI=1S/C18H34N2O/c1-6-8-10-12-14-18(3,13-11-9-7-2)16-15-20(4)17(19-16)21-5/h15H,6-14H2,1-5H3. The van der Waals surface area contributed by atoms with Crippen LogP contribution in [0.5, 0.6) is 6.01 Å². The highest BCUT2D eigenvalue weighted by atomic mass is 16.5. The van der Waals surface area contributed by atoms with Crippen LogP contribution < -0.4 is 4.74 Å². The molecule has 0 fully saturated rings. The zero-order valence-electron chi connectivity index (χ0n) is 14.7. The third-order valence-corrected chi connectivity index (χ3v) is 4.55. The van der Waals surface area contributed by atoms with Gasteiger partial charge >= 0.3 is 0 Å². The van der Waals surface area contributed by atoms with E-state index >= 15 is 0 Å². The molecule has 0 spiro atoms. The van der Waals surface area contributed by atoms with Crippen molar-refractivity contribution in [1.82, 2.24) is 9.55 Å². The lowest BCUT2D eigenvalue weighted by atomic mass is 9.77. The van der Waals surface area contributed by atoms with Crippen LogP contribution in [-0.4, -0.2) is 16.7 Å². The fourth-order valence-electron chi connectivity index (χ4n) is 3.02. The lowest BCUT2D eigenvalue weighted by Crippen LogP contribution is -2.22. The fraction of sp³-hybridized carbons (Fsp3) is 0.833. The Morgan fingerprint density at radius 1 is 1.05 bits per heavy atom. The van der Waals surface area contributed by atoms with Crippen LogP contribution in [0.1, 0.15) is 84.3 Å². The SMILES string of the molecule is CCCCCCC(C)(CCCCC)c1cn(C)c(OC)n1. The summed E-state index contributed by atoms with van der Waals surface area (Å²) < 4.78 is 7.34. The van der Waals surface area contributed by atoms with Crippen LogP contribution in [-0.2, 0) is 12.5 Å². The summed E-state index contributed by atoms with van der Waals surface area (Å²) in [4.78, 5) is 4.72. The Balaban J connectivity index is 2.77. The summed E-state index contributed by atoms with van der Waals surface area (Å²) >= 11 is 0. The normalized spacial score (nSPS) is 14.1. The first-order valence-corrected chi connectivity index (χ1v) is 8.65. The van der Waals surface area contributed by atoms with Crippen molar-refractivity contribution >= 4 is 0 Å². The van der Waals surface area contributed by atoms with E-state index < -0.39 is 0 Å². The molecule has 0 aliphatic carbocycles. The van der Waals surface area contributed by atoms with Gasteiger partial charge in [-0.2, -0.15) is 4.98 Å². The lowest BCUT2D eigenvalue weighted by molar-refractivity contribution is 0.347. The molecule has 1 unspecified atom stereocenters. The molecule has 0 saturated carbocycles. The minimum Gasteiger partial charge on any atom is -0.468 e. The maximum absolute atomic E-state index is 5.34. The quantitative estimate of drug-likeness (QED) is 0.522. The maximum atomic E-state index is 5.34.